The summed E-state index contributed by atoms with van der Waals surface area (Å²) in [6.07, 6.45) is 4.72. The van der Waals surface area contributed by atoms with Crippen molar-refractivity contribution in [1.29, 1.82) is 0 Å². The van der Waals surface area contributed by atoms with Crippen LogP contribution in [0.5, 0.6) is 0 Å². The van der Waals surface area contributed by atoms with Gasteiger partial charge in [-0.05, 0) is 43.4 Å². The van der Waals surface area contributed by atoms with Gasteiger partial charge in [0.15, 0.2) is 0 Å². The number of benzene rings is 1. The largest absolute Gasteiger partial charge is 0.378 e. The molecule has 1 N–H and O–H groups in total. The van der Waals surface area contributed by atoms with Gasteiger partial charge in [-0.15, -0.1) is 11.6 Å². The topological polar surface area (TPSA) is 38.3 Å². The molecule has 0 aliphatic carbocycles. The first-order valence-electron chi connectivity index (χ1n) is 6.84. The molecule has 1 fully saturated rings. The van der Waals surface area contributed by atoms with Crippen LogP contribution in [0, 0.1) is 0 Å². The van der Waals surface area contributed by atoms with Gasteiger partial charge in [0.1, 0.15) is 0 Å². The molecule has 4 heteroatoms. The second-order valence-electron chi connectivity index (χ2n) is 4.86. The van der Waals surface area contributed by atoms with Crippen molar-refractivity contribution in [3.8, 4) is 0 Å². The smallest absolute Gasteiger partial charge is 0.251 e. The van der Waals surface area contributed by atoms with Gasteiger partial charge >= 0.3 is 0 Å². The number of alkyl halides is 1. The highest BCUT2D eigenvalue weighted by molar-refractivity contribution is 6.17. The highest BCUT2D eigenvalue weighted by Crippen LogP contribution is 2.15. The molecule has 1 heterocycles. The number of halogens is 1. The molecule has 1 atom stereocenters. The number of carbonyl (C=O) groups excluding carboxylic acids is 1. The molecule has 1 aromatic carbocycles. The van der Waals surface area contributed by atoms with Gasteiger partial charge in [-0.3, -0.25) is 4.79 Å². The summed E-state index contributed by atoms with van der Waals surface area (Å²) in [5, 5.41) is 2.93. The lowest BCUT2D eigenvalue weighted by molar-refractivity contribution is 0.0117. The quantitative estimate of drug-likeness (QED) is 0.842. The summed E-state index contributed by atoms with van der Waals surface area (Å²) in [6.45, 7) is 1.53. The van der Waals surface area contributed by atoms with Crippen molar-refractivity contribution < 1.29 is 9.53 Å². The Hall–Kier alpha value is -1.06. The Morgan fingerprint density at radius 3 is 2.74 bits per heavy atom. The SMILES string of the molecule is O=C(NCCC1CCCCO1)c1ccc(CCl)cc1. The van der Waals surface area contributed by atoms with Gasteiger partial charge < -0.3 is 10.1 Å². The molecule has 1 aliphatic rings. The predicted octanol–water partition coefficient (Wildman–Crippen LogP) is 3.11. The summed E-state index contributed by atoms with van der Waals surface area (Å²) >= 11 is 5.71. The van der Waals surface area contributed by atoms with Crippen LogP contribution in [0.4, 0.5) is 0 Å². The van der Waals surface area contributed by atoms with E-state index in [4.69, 9.17) is 16.3 Å². The van der Waals surface area contributed by atoms with Gasteiger partial charge in [-0.2, -0.15) is 0 Å². The van der Waals surface area contributed by atoms with E-state index >= 15 is 0 Å². The van der Waals surface area contributed by atoms with Crippen molar-refractivity contribution in [2.75, 3.05) is 13.2 Å². The Morgan fingerprint density at radius 2 is 2.11 bits per heavy atom. The molecule has 0 saturated carbocycles. The summed E-state index contributed by atoms with van der Waals surface area (Å²) in [7, 11) is 0. The van der Waals surface area contributed by atoms with E-state index in [-0.39, 0.29) is 5.91 Å². The Kier molecular flexibility index (Phi) is 5.67. The van der Waals surface area contributed by atoms with E-state index in [0.717, 1.165) is 31.4 Å². The van der Waals surface area contributed by atoms with E-state index in [1.165, 1.54) is 6.42 Å². The first kappa shape index (κ1) is 14.4. The summed E-state index contributed by atoms with van der Waals surface area (Å²) in [5.74, 6) is 0.443. The zero-order valence-electron chi connectivity index (χ0n) is 11.0. The van der Waals surface area contributed by atoms with Gasteiger partial charge in [0.2, 0.25) is 0 Å². The number of nitrogens with one attached hydrogen (secondary N) is 1. The molecule has 1 aliphatic heterocycles. The third kappa shape index (κ3) is 4.51. The molecule has 0 bridgehead atoms. The van der Waals surface area contributed by atoms with Crippen LogP contribution in [0.3, 0.4) is 0 Å². The highest BCUT2D eigenvalue weighted by atomic mass is 35.5. The minimum absolute atomic E-state index is 0.0306. The summed E-state index contributed by atoms with van der Waals surface area (Å²) in [5.41, 5.74) is 1.70. The van der Waals surface area contributed by atoms with Gasteiger partial charge in [0.25, 0.3) is 5.91 Å². The monoisotopic (exact) mass is 281 g/mol. The third-order valence-electron chi connectivity index (χ3n) is 3.40. The molecule has 3 nitrogen and oxygen atoms in total. The van der Waals surface area contributed by atoms with Gasteiger partial charge in [-0.1, -0.05) is 12.1 Å². The van der Waals surface area contributed by atoms with E-state index < -0.39 is 0 Å². The van der Waals surface area contributed by atoms with Crippen LogP contribution < -0.4 is 5.32 Å². The summed E-state index contributed by atoms with van der Waals surface area (Å²) in [6, 6.07) is 7.38. The van der Waals surface area contributed by atoms with Crippen molar-refractivity contribution >= 4 is 17.5 Å². The van der Waals surface area contributed by atoms with Gasteiger partial charge in [-0.25, -0.2) is 0 Å². The zero-order chi connectivity index (χ0) is 13.5. The third-order valence-corrected chi connectivity index (χ3v) is 3.70. The lowest BCUT2D eigenvalue weighted by atomic mass is 10.1. The van der Waals surface area contributed by atoms with Crippen LogP contribution in [-0.4, -0.2) is 25.2 Å². The second-order valence-corrected chi connectivity index (χ2v) is 5.13. The number of rotatable bonds is 5. The molecular formula is C15H20ClNO2. The van der Waals surface area contributed by atoms with E-state index in [1.807, 2.05) is 24.3 Å². The van der Waals surface area contributed by atoms with Crippen LogP contribution in [0.25, 0.3) is 0 Å². The second kappa shape index (κ2) is 7.51. The first-order chi connectivity index (χ1) is 9.29. The fourth-order valence-corrected chi connectivity index (χ4v) is 2.41. The fourth-order valence-electron chi connectivity index (χ4n) is 2.23. The number of hydrogen-bond acceptors (Lipinski definition) is 2. The standard InChI is InChI=1S/C15H20ClNO2/c16-11-12-4-6-13(7-5-12)15(18)17-9-8-14-3-1-2-10-19-14/h4-7,14H,1-3,8-11H2,(H,17,18). The van der Waals surface area contributed by atoms with Crippen molar-refractivity contribution in [3.63, 3.8) is 0 Å². The molecule has 0 spiro atoms. The minimum atomic E-state index is -0.0306. The molecule has 1 aromatic rings. The molecule has 104 valence electrons. The van der Waals surface area contributed by atoms with Crippen LogP contribution in [0.1, 0.15) is 41.6 Å². The Morgan fingerprint density at radius 1 is 1.32 bits per heavy atom. The van der Waals surface area contributed by atoms with E-state index in [2.05, 4.69) is 5.32 Å². The highest BCUT2D eigenvalue weighted by Gasteiger charge is 2.13. The lowest BCUT2D eigenvalue weighted by Crippen LogP contribution is -2.29. The maximum atomic E-state index is 11.9. The zero-order valence-corrected chi connectivity index (χ0v) is 11.8. The normalized spacial score (nSPS) is 19.1. The Labute approximate surface area is 119 Å². The predicted molar refractivity (Wildman–Crippen MR) is 76.5 cm³/mol. The van der Waals surface area contributed by atoms with Crippen molar-refractivity contribution in [1.82, 2.24) is 5.32 Å². The van der Waals surface area contributed by atoms with Gasteiger partial charge in [0, 0.05) is 24.6 Å². The molecular weight excluding hydrogens is 262 g/mol. The summed E-state index contributed by atoms with van der Waals surface area (Å²) < 4.78 is 5.63. The van der Waals surface area contributed by atoms with Crippen LogP contribution in [0.15, 0.2) is 24.3 Å². The average Bonchev–Trinajstić information content (AvgIpc) is 2.48. The van der Waals surface area contributed by atoms with Crippen LogP contribution in [-0.2, 0) is 10.6 Å². The molecule has 0 aromatic heterocycles. The maximum Gasteiger partial charge on any atom is 0.251 e. The average molecular weight is 282 g/mol. The maximum absolute atomic E-state index is 11.9. The molecule has 2 rings (SSSR count). The van der Waals surface area contributed by atoms with Gasteiger partial charge in [0.05, 0.1) is 6.10 Å². The molecule has 19 heavy (non-hydrogen) atoms. The lowest BCUT2D eigenvalue weighted by Gasteiger charge is -2.22. The van der Waals surface area contributed by atoms with E-state index in [0.29, 0.717) is 24.1 Å². The minimum Gasteiger partial charge on any atom is -0.378 e. The van der Waals surface area contributed by atoms with E-state index in [9.17, 15) is 4.79 Å². The van der Waals surface area contributed by atoms with E-state index in [1.54, 1.807) is 0 Å². The van der Waals surface area contributed by atoms with Crippen molar-refractivity contribution in [2.24, 2.45) is 0 Å². The summed E-state index contributed by atoms with van der Waals surface area (Å²) in [4.78, 5) is 11.9. The Balaban J connectivity index is 1.73. The first-order valence-corrected chi connectivity index (χ1v) is 7.38. The number of hydrogen-bond donors (Lipinski definition) is 1. The number of amides is 1. The molecule has 1 saturated heterocycles. The van der Waals surface area contributed by atoms with Crippen LogP contribution in [0.2, 0.25) is 0 Å². The molecule has 1 amide bonds. The number of ether oxygens (including phenoxy) is 1. The Bertz CT molecular complexity index is 399. The van der Waals surface area contributed by atoms with Crippen molar-refractivity contribution in [3.05, 3.63) is 35.4 Å². The molecule has 1 unspecified atom stereocenters. The molecule has 0 radical (unpaired) electrons. The van der Waals surface area contributed by atoms with Crippen LogP contribution >= 0.6 is 11.6 Å². The van der Waals surface area contributed by atoms with Crippen molar-refractivity contribution in [2.45, 2.75) is 37.7 Å². The number of carbonyl (C=O) groups is 1. The fraction of sp³-hybridized carbons (Fsp3) is 0.533.